The molecule has 0 aromatic rings. The van der Waals surface area contributed by atoms with Gasteiger partial charge in [0.1, 0.15) is 0 Å². The molecular weight excluding hydrogens is 202 g/mol. The second kappa shape index (κ2) is 7.92. The number of hydrogen-bond donors (Lipinski definition) is 1. The molecule has 83 valence electrons. The Morgan fingerprint density at radius 3 is 1.79 bits per heavy atom. The minimum Gasteiger partial charge on any atom is -0.373 e. The molecule has 0 aliphatic heterocycles. The van der Waals surface area contributed by atoms with Crippen molar-refractivity contribution < 1.29 is 18.1 Å². The van der Waals surface area contributed by atoms with Crippen LogP contribution in [0.25, 0.3) is 0 Å². The van der Waals surface area contributed by atoms with Gasteiger partial charge in [-0.3, -0.25) is 4.79 Å². The first-order valence-electron chi connectivity index (χ1n) is 4.76. The third kappa shape index (κ3) is 4.71. The van der Waals surface area contributed by atoms with Gasteiger partial charge in [0.05, 0.1) is 6.17 Å². The molecule has 0 aliphatic rings. The van der Waals surface area contributed by atoms with E-state index in [0.29, 0.717) is 19.8 Å². The molecule has 0 bridgehead atoms. The van der Waals surface area contributed by atoms with Crippen LogP contribution < -0.4 is 5.32 Å². The largest absolute Gasteiger partial charge is 0.521 e. The number of rotatable bonds is 9. The van der Waals surface area contributed by atoms with Gasteiger partial charge in [-0.15, -0.1) is 0 Å². The fourth-order valence-electron chi connectivity index (χ4n) is 1.08. The van der Waals surface area contributed by atoms with E-state index in [1.807, 2.05) is 20.8 Å². The Balaban J connectivity index is 4.28. The third-order valence-corrected chi connectivity index (χ3v) is 4.27. The van der Waals surface area contributed by atoms with E-state index in [-0.39, 0.29) is 6.17 Å². The summed E-state index contributed by atoms with van der Waals surface area (Å²) in [5, 5.41) is 2.42. The van der Waals surface area contributed by atoms with E-state index in [4.69, 9.17) is 13.3 Å². The molecule has 1 radical (unpaired) electrons. The molecule has 0 spiro atoms. The minimum absolute atomic E-state index is 0.270. The van der Waals surface area contributed by atoms with Crippen LogP contribution in [0.4, 0.5) is 0 Å². The van der Waals surface area contributed by atoms with Crippen molar-refractivity contribution in [3.63, 3.8) is 0 Å². The quantitative estimate of drug-likeness (QED) is 0.446. The maximum absolute atomic E-state index is 10.1. The van der Waals surface area contributed by atoms with Crippen molar-refractivity contribution in [1.29, 1.82) is 0 Å². The standard InChI is InChI=1S/C8H18NO4Si/c1-4-11-14(12-5-2,13-6-3)8-9-7-10/h4-6,8H2,1-3H3,(H,9,10). The zero-order valence-electron chi connectivity index (χ0n) is 8.96. The Morgan fingerprint density at radius 2 is 1.50 bits per heavy atom. The minimum atomic E-state index is -2.69. The van der Waals surface area contributed by atoms with Crippen molar-refractivity contribution in [3.05, 3.63) is 0 Å². The fourth-order valence-corrected chi connectivity index (χ4v) is 3.25. The van der Waals surface area contributed by atoms with Crippen molar-refractivity contribution in [3.8, 4) is 0 Å². The van der Waals surface area contributed by atoms with Gasteiger partial charge >= 0.3 is 15.2 Å². The van der Waals surface area contributed by atoms with Crippen LogP contribution in [-0.4, -0.2) is 41.2 Å². The van der Waals surface area contributed by atoms with E-state index in [0.717, 1.165) is 0 Å². The van der Waals surface area contributed by atoms with Crippen molar-refractivity contribution in [2.75, 3.05) is 26.0 Å². The average Bonchev–Trinajstić information content (AvgIpc) is 2.16. The molecule has 0 saturated carbocycles. The zero-order valence-corrected chi connectivity index (χ0v) is 9.96. The van der Waals surface area contributed by atoms with E-state index in [1.54, 1.807) is 6.41 Å². The maximum Gasteiger partial charge on any atom is 0.521 e. The Morgan fingerprint density at radius 1 is 1.07 bits per heavy atom. The summed E-state index contributed by atoms with van der Waals surface area (Å²) in [5.74, 6) is 0. The molecule has 5 nitrogen and oxygen atoms in total. The van der Waals surface area contributed by atoms with Crippen LogP contribution in [0.5, 0.6) is 0 Å². The summed E-state index contributed by atoms with van der Waals surface area (Å²) in [4.78, 5) is 10.1. The van der Waals surface area contributed by atoms with E-state index >= 15 is 0 Å². The molecule has 0 saturated heterocycles. The first kappa shape index (κ1) is 13.6. The average molecular weight is 220 g/mol. The van der Waals surface area contributed by atoms with Gasteiger partial charge in [0.25, 0.3) is 0 Å². The van der Waals surface area contributed by atoms with Crippen LogP contribution in [0.1, 0.15) is 20.8 Å². The van der Waals surface area contributed by atoms with Crippen LogP contribution >= 0.6 is 0 Å². The second-order valence-corrected chi connectivity index (χ2v) is 5.02. The third-order valence-electron chi connectivity index (χ3n) is 1.47. The zero-order chi connectivity index (χ0) is 10.9. The van der Waals surface area contributed by atoms with Crippen LogP contribution in [0.15, 0.2) is 0 Å². The molecule has 6 heteroatoms. The normalized spacial score (nSPS) is 11.4. The Labute approximate surface area is 86.1 Å². The molecular formula is C8H18NO4Si. The van der Waals surface area contributed by atoms with E-state index in [9.17, 15) is 4.79 Å². The summed E-state index contributed by atoms with van der Waals surface area (Å²) in [6.07, 6.45) is 1.86. The molecule has 1 N–H and O–H groups in total. The highest BCUT2D eigenvalue weighted by atomic mass is 28.4. The number of nitrogens with one attached hydrogen (secondary N) is 1. The van der Waals surface area contributed by atoms with Crippen molar-refractivity contribution in [2.45, 2.75) is 20.8 Å². The lowest BCUT2D eigenvalue weighted by Gasteiger charge is -2.27. The van der Waals surface area contributed by atoms with Gasteiger partial charge in [0, 0.05) is 19.8 Å². The lowest BCUT2D eigenvalue weighted by molar-refractivity contribution is 0.0714. The SMILES string of the molecule is CCO[Si](CN[C]=O)(OCC)OCC. The van der Waals surface area contributed by atoms with E-state index < -0.39 is 8.80 Å². The predicted octanol–water partition coefficient (Wildman–Crippen LogP) is 0.231. The Hall–Kier alpha value is -0.433. The molecule has 0 fully saturated rings. The van der Waals surface area contributed by atoms with Gasteiger partial charge in [-0.05, 0) is 20.8 Å². The van der Waals surface area contributed by atoms with E-state index in [2.05, 4.69) is 5.32 Å². The summed E-state index contributed by atoms with van der Waals surface area (Å²) < 4.78 is 16.4. The highest BCUT2D eigenvalue weighted by Gasteiger charge is 2.40. The summed E-state index contributed by atoms with van der Waals surface area (Å²) in [5.41, 5.74) is 0. The summed E-state index contributed by atoms with van der Waals surface area (Å²) in [6.45, 7) is 7.12. The van der Waals surface area contributed by atoms with Crippen LogP contribution in [0.2, 0.25) is 0 Å². The number of amides is 1. The molecule has 0 unspecified atom stereocenters. The predicted molar refractivity (Wildman–Crippen MR) is 54.3 cm³/mol. The molecule has 0 aromatic heterocycles. The molecule has 0 rings (SSSR count). The van der Waals surface area contributed by atoms with Crippen molar-refractivity contribution in [2.24, 2.45) is 0 Å². The van der Waals surface area contributed by atoms with Crippen LogP contribution in [-0.2, 0) is 18.1 Å². The fraction of sp³-hybridized carbons (Fsp3) is 0.875. The summed E-state index contributed by atoms with van der Waals surface area (Å²) in [7, 11) is -2.69. The number of carbonyl (C=O) groups excluding carboxylic acids is 1. The topological polar surface area (TPSA) is 56.8 Å². The molecule has 0 aliphatic carbocycles. The molecule has 14 heavy (non-hydrogen) atoms. The monoisotopic (exact) mass is 220 g/mol. The maximum atomic E-state index is 10.1. The van der Waals surface area contributed by atoms with Gasteiger partial charge < -0.3 is 18.6 Å². The van der Waals surface area contributed by atoms with Gasteiger partial charge in [-0.1, -0.05) is 0 Å². The van der Waals surface area contributed by atoms with E-state index in [1.165, 1.54) is 0 Å². The van der Waals surface area contributed by atoms with Crippen molar-refractivity contribution in [1.82, 2.24) is 5.32 Å². The van der Waals surface area contributed by atoms with Gasteiger partial charge in [0.15, 0.2) is 0 Å². The van der Waals surface area contributed by atoms with Crippen LogP contribution in [0.3, 0.4) is 0 Å². The highest BCUT2D eigenvalue weighted by Crippen LogP contribution is 2.08. The first-order chi connectivity index (χ1) is 6.74. The Kier molecular flexibility index (Phi) is 7.68. The number of hydrogen-bond acceptors (Lipinski definition) is 4. The molecule has 0 atom stereocenters. The lowest BCUT2D eigenvalue weighted by atomic mass is 10.9. The smallest absolute Gasteiger partial charge is 0.373 e. The molecule has 1 amide bonds. The van der Waals surface area contributed by atoms with Gasteiger partial charge in [-0.2, -0.15) is 0 Å². The lowest BCUT2D eigenvalue weighted by Crippen LogP contribution is -2.54. The van der Waals surface area contributed by atoms with Crippen LogP contribution in [0, 0.1) is 0 Å². The Bertz CT molecular complexity index is 139. The van der Waals surface area contributed by atoms with Gasteiger partial charge in [0.2, 0.25) is 0 Å². The van der Waals surface area contributed by atoms with Crippen molar-refractivity contribution >= 4 is 15.2 Å². The second-order valence-electron chi connectivity index (χ2n) is 2.44. The summed E-state index contributed by atoms with van der Waals surface area (Å²) >= 11 is 0. The summed E-state index contributed by atoms with van der Waals surface area (Å²) in [6, 6.07) is 0. The highest BCUT2D eigenvalue weighted by molar-refractivity contribution is 6.61. The van der Waals surface area contributed by atoms with Gasteiger partial charge in [-0.25, -0.2) is 0 Å². The molecule has 0 heterocycles. The molecule has 0 aromatic carbocycles. The first-order valence-corrected chi connectivity index (χ1v) is 6.69.